The molecule has 0 bridgehead atoms. The smallest absolute Gasteiger partial charge is 0.0690 e. The molecule has 0 aliphatic heterocycles. The van der Waals surface area contributed by atoms with Crippen LogP contribution in [0.2, 0.25) is 0 Å². The molecule has 0 N–H and O–H groups in total. The van der Waals surface area contributed by atoms with Gasteiger partial charge in [-0.25, -0.2) is 4.52 Å². The summed E-state index contributed by atoms with van der Waals surface area (Å²) < 4.78 is 1.87. The molecule has 2 heterocycles. The second kappa shape index (κ2) is 4.80. The molecule has 14 heavy (non-hydrogen) atoms. The molecule has 0 fully saturated rings. The molecule has 0 saturated carbocycles. The van der Waals surface area contributed by atoms with Crippen LogP contribution >= 0.6 is 0 Å². The fourth-order valence-electron chi connectivity index (χ4n) is 1.06. The van der Waals surface area contributed by atoms with Crippen molar-refractivity contribution in [3.8, 4) is 0 Å². The van der Waals surface area contributed by atoms with Crippen molar-refractivity contribution in [3.63, 3.8) is 0 Å². The first kappa shape index (κ1) is 10.8. The molecule has 0 aromatic carbocycles. The van der Waals surface area contributed by atoms with Crippen LogP contribution in [0.1, 0.15) is 26.3 Å². The van der Waals surface area contributed by atoms with E-state index < -0.39 is 0 Å². The molecule has 2 heteroatoms. The highest BCUT2D eigenvalue weighted by Gasteiger charge is 1.94. The van der Waals surface area contributed by atoms with Crippen molar-refractivity contribution in [1.82, 2.24) is 9.61 Å². The zero-order valence-electron chi connectivity index (χ0n) is 9.36. The molecule has 0 spiro atoms. The Morgan fingerprint density at radius 3 is 2.43 bits per heavy atom. The van der Waals surface area contributed by atoms with Crippen molar-refractivity contribution in [2.24, 2.45) is 5.92 Å². The van der Waals surface area contributed by atoms with E-state index in [0.29, 0.717) is 0 Å². The van der Waals surface area contributed by atoms with Crippen LogP contribution in [0.15, 0.2) is 30.6 Å². The lowest BCUT2D eigenvalue weighted by Gasteiger charge is -1.89. The van der Waals surface area contributed by atoms with Crippen LogP contribution in [0.4, 0.5) is 0 Å². The van der Waals surface area contributed by atoms with E-state index in [4.69, 9.17) is 0 Å². The van der Waals surface area contributed by atoms with Gasteiger partial charge in [-0.05, 0) is 30.5 Å². The van der Waals surface area contributed by atoms with Crippen molar-refractivity contribution < 1.29 is 0 Å². The molecule has 2 aromatic rings. The van der Waals surface area contributed by atoms with Gasteiger partial charge in [-0.15, -0.1) is 0 Å². The number of aryl methyl sites for hydroxylation is 1. The molecular formula is C12H18N2. The van der Waals surface area contributed by atoms with E-state index >= 15 is 0 Å². The molecule has 0 atom stereocenters. The second-order valence-electron chi connectivity index (χ2n) is 4.09. The summed E-state index contributed by atoms with van der Waals surface area (Å²) in [6, 6.07) is 6.05. The highest BCUT2D eigenvalue weighted by Crippen LogP contribution is 2.06. The lowest BCUT2D eigenvalue weighted by Crippen LogP contribution is -1.82. The van der Waals surface area contributed by atoms with Crippen molar-refractivity contribution in [2.45, 2.75) is 27.7 Å². The van der Waals surface area contributed by atoms with E-state index in [-0.39, 0.29) is 0 Å². The van der Waals surface area contributed by atoms with Crippen LogP contribution in [0.25, 0.3) is 5.52 Å². The maximum absolute atomic E-state index is 4.13. The maximum Gasteiger partial charge on any atom is 0.0690 e. The average Bonchev–Trinajstić information content (AvgIpc) is 2.48. The SMILES string of the molecule is CC(C)C.Cc1cnn2ccccc12. The van der Waals surface area contributed by atoms with Crippen LogP contribution in [0, 0.1) is 12.8 Å². The summed E-state index contributed by atoms with van der Waals surface area (Å²) in [6.45, 7) is 8.56. The van der Waals surface area contributed by atoms with Gasteiger partial charge in [0, 0.05) is 6.20 Å². The highest BCUT2D eigenvalue weighted by molar-refractivity contribution is 5.52. The fourth-order valence-corrected chi connectivity index (χ4v) is 1.06. The van der Waals surface area contributed by atoms with E-state index in [1.54, 1.807) is 0 Å². The third-order valence-electron chi connectivity index (χ3n) is 1.62. The van der Waals surface area contributed by atoms with E-state index in [9.17, 15) is 0 Å². The summed E-state index contributed by atoms with van der Waals surface area (Å²) in [5.74, 6) is 0.833. The minimum atomic E-state index is 0.833. The highest BCUT2D eigenvalue weighted by atomic mass is 15.2. The van der Waals surface area contributed by atoms with Crippen molar-refractivity contribution in [3.05, 3.63) is 36.2 Å². The number of nitrogens with zero attached hydrogens (tertiary/aromatic N) is 2. The number of fused-ring (bicyclic) bond motifs is 1. The Labute approximate surface area is 85.6 Å². The molecular weight excluding hydrogens is 172 g/mol. The van der Waals surface area contributed by atoms with Gasteiger partial charge in [0.25, 0.3) is 0 Å². The molecule has 0 unspecified atom stereocenters. The molecule has 0 aliphatic carbocycles. The van der Waals surface area contributed by atoms with Gasteiger partial charge in [-0.3, -0.25) is 0 Å². The van der Waals surface area contributed by atoms with Crippen LogP contribution in [0.5, 0.6) is 0 Å². The summed E-state index contributed by atoms with van der Waals surface area (Å²) in [6.07, 6.45) is 3.82. The summed E-state index contributed by atoms with van der Waals surface area (Å²) in [5.41, 5.74) is 2.41. The molecule has 0 aliphatic rings. The Kier molecular flexibility index (Phi) is 3.69. The standard InChI is InChI=1S/C8H8N2.C4H10/c1-7-6-9-10-5-3-2-4-8(7)10;1-4(2)3/h2-6H,1H3;4H,1-3H3. The predicted molar refractivity (Wildman–Crippen MR) is 60.4 cm³/mol. The van der Waals surface area contributed by atoms with E-state index in [1.165, 1.54) is 11.1 Å². The van der Waals surface area contributed by atoms with Crippen LogP contribution < -0.4 is 0 Å². The number of hydrogen-bond donors (Lipinski definition) is 0. The normalized spacial score (nSPS) is 10.1. The Morgan fingerprint density at radius 1 is 1.21 bits per heavy atom. The first-order valence-corrected chi connectivity index (χ1v) is 5.00. The zero-order valence-corrected chi connectivity index (χ0v) is 9.36. The average molecular weight is 190 g/mol. The zero-order chi connectivity index (χ0) is 10.6. The van der Waals surface area contributed by atoms with Crippen molar-refractivity contribution >= 4 is 5.52 Å². The topological polar surface area (TPSA) is 17.3 Å². The van der Waals surface area contributed by atoms with Crippen LogP contribution in [0.3, 0.4) is 0 Å². The summed E-state index contributed by atoms with van der Waals surface area (Å²) >= 11 is 0. The van der Waals surface area contributed by atoms with Gasteiger partial charge < -0.3 is 0 Å². The monoisotopic (exact) mass is 190 g/mol. The Hall–Kier alpha value is -1.31. The van der Waals surface area contributed by atoms with E-state index in [0.717, 1.165) is 5.92 Å². The van der Waals surface area contributed by atoms with Gasteiger partial charge in [-0.2, -0.15) is 5.10 Å². The van der Waals surface area contributed by atoms with Gasteiger partial charge >= 0.3 is 0 Å². The van der Waals surface area contributed by atoms with E-state index in [1.807, 2.05) is 29.0 Å². The molecule has 0 amide bonds. The van der Waals surface area contributed by atoms with Crippen LogP contribution in [-0.2, 0) is 0 Å². The maximum atomic E-state index is 4.13. The van der Waals surface area contributed by atoms with Gasteiger partial charge in [0.2, 0.25) is 0 Å². The first-order chi connectivity index (χ1) is 6.61. The number of pyridine rings is 1. The van der Waals surface area contributed by atoms with Crippen molar-refractivity contribution in [1.29, 1.82) is 0 Å². The molecule has 0 radical (unpaired) electrons. The predicted octanol–water partition coefficient (Wildman–Crippen LogP) is 3.31. The quantitative estimate of drug-likeness (QED) is 0.623. The van der Waals surface area contributed by atoms with Crippen LogP contribution in [-0.4, -0.2) is 9.61 Å². The second-order valence-corrected chi connectivity index (χ2v) is 4.09. The van der Waals surface area contributed by atoms with Gasteiger partial charge in [0.15, 0.2) is 0 Å². The number of rotatable bonds is 0. The van der Waals surface area contributed by atoms with Gasteiger partial charge in [0.1, 0.15) is 0 Å². The summed E-state index contributed by atoms with van der Waals surface area (Å²) in [7, 11) is 0. The Morgan fingerprint density at radius 2 is 1.86 bits per heavy atom. The number of hydrogen-bond acceptors (Lipinski definition) is 1. The Balaban J connectivity index is 0.000000213. The Bertz CT molecular complexity index is 385. The van der Waals surface area contributed by atoms with Gasteiger partial charge in [-0.1, -0.05) is 26.8 Å². The third kappa shape index (κ3) is 2.87. The number of aromatic nitrogens is 2. The summed E-state index contributed by atoms with van der Waals surface area (Å²) in [4.78, 5) is 0. The third-order valence-corrected chi connectivity index (χ3v) is 1.62. The summed E-state index contributed by atoms with van der Waals surface area (Å²) in [5, 5.41) is 4.13. The lowest BCUT2D eigenvalue weighted by atomic mass is 10.3. The fraction of sp³-hybridized carbons (Fsp3) is 0.417. The largest absolute Gasteiger partial charge is 0.241 e. The molecule has 2 aromatic heterocycles. The molecule has 76 valence electrons. The lowest BCUT2D eigenvalue weighted by molar-refractivity contribution is 0.737. The molecule has 2 nitrogen and oxygen atoms in total. The molecule has 0 saturated heterocycles. The minimum absolute atomic E-state index is 0.833. The van der Waals surface area contributed by atoms with Gasteiger partial charge in [0.05, 0.1) is 11.7 Å². The first-order valence-electron chi connectivity index (χ1n) is 5.00. The molecule has 2 rings (SSSR count). The van der Waals surface area contributed by atoms with E-state index in [2.05, 4.69) is 38.9 Å². The minimum Gasteiger partial charge on any atom is -0.241 e. The van der Waals surface area contributed by atoms with Crippen molar-refractivity contribution in [2.75, 3.05) is 0 Å².